The zero-order valence-corrected chi connectivity index (χ0v) is 17.1. The third kappa shape index (κ3) is 4.85. The molecule has 3 amide bonds. The highest BCUT2D eigenvalue weighted by Crippen LogP contribution is 2.28. The van der Waals surface area contributed by atoms with Crippen molar-refractivity contribution >= 4 is 51.8 Å². The Morgan fingerprint density at radius 3 is 2.36 bits per heavy atom. The van der Waals surface area contributed by atoms with Crippen molar-refractivity contribution in [2.75, 3.05) is 30.9 Å². The summed E-state index contributed by atoms with van der Waals surface area (Å²) in [6.07, 6.45) is 0.166. The summed E-state index contributed by atoms with van der Waals surface area (Å²) in [7, 11) is 3.39. The minimum atomic E-state index is -0.424. The summed E-state index contributed by atoms with van der Waals surface area (Å²) in [5.41, 5.74) is 1.36. The number of hydrogen-bond acceptors (Lipinski definition) is 4. The van der Waals surface area contributed by atoms with Gasteiger partial charge in [0.1, 0.15) is 0 Å². The normalized spacial score (nSPS) is 16.2. The van der Waals surface area contributed by atoms with Crippen LogP contribution < -0.4 is 10.2 Å². The molecule has 3 rings (SSSR count). The Bertz CT molecular complexity index is 885. The van der Waals surface area contributed by atoms with Crippen LogP contribution in [0.15, 0.2) is 53.4 Å². The Morgan fingerprint density at radius 1 is 1.11 bits per heavy atom. The summed E-state index contributed by atoms with van der Waals surface area (Å²) in [4.78, 5) is 40.5. The molecule has 6 nitrogen and oxygen atoms in total. The third-order valence-electron chi connectivity index (χ3n) is 4.33. The van der Waals surface area contributed by atoms with Crippen molar-refractivity contribution in [1.29, 1.82) is 0 Å². The van der Waals surface area contributed by atoms with E-state index in [1.807, 2.05) is 0 Å². The van der Waals surface area contributed by atoms with Crippen molar-refractivity contribution in [2.24, 2.45) is 5.92 Å². The van der Waals surface area contributed by atoms with E-state index in [0.29, 0.717) is 17.3 Å². The van der Waals surface area contributed by atoms with Crippen LogP contribution in [0.3, 0.4) is 0 Å². The van der Waals surface area contributed by atoms with Gasteiger partial charge in [0.05, 0.1) is 5.92 Å². The molecule has 1 aliphatic rings. The molecule has 1 unspecified atom stereocenters. The van der Waals surface area contributed by atoms with E-state index in [1.54, 1.807) is 67.5 Å². The van der Waals surface area contributed by atoms with Crippen molar-refractivity contribution in [1.82, 2.24) is 4.90 Å². The number of rotatable bonds is 4. The fraction of sp³-hybridized carbons (Fsp3) is 0.250. The SMILES string of the molecule is CN(C)C(=O)Sc1ccc(NC(=O)C2CC(=O)N(c3ccc(Cl)cc3)C2)cc1. The van der Waals surface area contributed by atoms with Crippen molar-refractivity contribution < 1.29 is 14.4 Å². The van der Waals surface area contributed by atoms with Gasteiger partial charge in [-0.3, -0.25) is 14.4 Å². The average Bonchev–Trinajstić information content (AvgIpc) is 3.05. The highest BCUT2D eigenvalue weighted by molar-refractivity contribution is 8.13. The van der Waals surface area contributed by atoms with Crippen molar-refractivity contribution in [2.45, 2.75) is 11.3 Å². The number of nitrogens with zero attached hydrogens (tertiary/aromatic N) is 2. The molecule has 8 heteroatoms. The quantitative estimate of drug-likeness (QED) is 0.760. The van der Waals surface area contributed by atoms with E-state index in [1.165, 1.54) is 4.90 Å². The Balaban J connectivity index is 1.60. The van der Waals surface area contributed by atoms with Gasteiger partial charge in [0, 0.05) is 48.4 Å². The monoisotopic (exact) mass is 417 g/mol. The average molecular weight is 418 g/mol. The Morgan fingerprint density at radius 2 is 1.75 bits per heavy atom. The van der Waals surface area contributed by atoms with Crippen molar-refractivity contribution in [3.63, 3.8) is 0 Å². The van der Waals surface area contributed by atoms with Crippen LogP contribution in [0, 0.1) is 5.92 Å². The van der Waals surface area contributed by atoms with E-state index in [4.69, 9.17) is 11.6 Å². The van der Waals surface area contributed by atoms with E-state index < -0.39 is 5.92 Å². The first-order valence-electron chi connectivity index (χ1n) is 8.69. The first-order chi connectivity index (χ1) is 13.3. The van der Waals surface area contributed by atoms with Gasteiger partial charge in [0.25, 0.3) is 5.24 Å². The van der Waals surface area contributed by atoms with Gasteiger partial charge in [0.15, 0.2) is 0 Å². The molecule has 0 radical (unpaired) electrons. The number of thioether (sulfide) groups is 1. The molecule has 1 N–H and O–H groups in total. The number of amides is 3. The zero-order valence-electron chi connectivity index (χ0n) is 15.5. The lowest BCUT2D eigenvalue weighted by atomic mass is 10.1. The number of hydrogen-bond donors (Lipinski definition) is 1. The molecule has 1 fully saturated rings. The van der Waals surface area contributed by atoms with Gasteiger partial charge in [-0.2, -0.15) is 0 Å². The van der Waals surface area contributed by atoms with E-state index in [0.717, 1.165) is 22.3 Å². The molecule has 1 atom stereocenters. The summed E-state index contributed by atoms with van der Waals surface area (Å²) in [6.45, 7) is 0.331. The van der Waals surface area contributed by atoms with Crippen LogP contribution in [-0.2, 0) is 9.59 Å². The molecule has 0 spiro atoms. The Hall–Kier alpha value is -2.51. The highest BCUT2D eigenvalue weighted by atomic mass is 35.5. The summed E-state index contributed by atoms with van der Waals surface area (Å²) >= 11 is 7.01. The Kier molecular flexibility index (Phi) is 6.26. The molecular weight excluding hydrogens is 398 g/mol. The number of carbonyl (C=O) groups excluding carboxylic acids is 3. The molecule has 1 saturated heterocycles. The van der Waals surface area contributed by atoms with E-state index in [9.17, 15) is 14.4 Å². The van der Waals surface area contributed by atoms with Crippen LogP contribution in [0.5, 0.6) is 0 Å². The zero-order chi connectivity index (χ0) is 20.3. The molecule has 1 heterocycles. The van der Waals surface area contributed by atoms with Gasteiger partial charge in [-0.25, -0.2) is 0 Å². The first kappa shape index (κ1) is 20.2. The predicted molar refractivity (Wildman–Crippen MR) is 112 cm³/mol. The lowest BCUT2D eigenvalue weighted by molar-refractivity contribution is -0.122. The smallest absolute Gasteiger partial charge is 0.285 e. The highest BCUT2D eigenvalue weighted by Gasteiger charge is 2.35. The van der Waals surface area contributed by atoms with Gasteiger partial charge >= 0.3 is 0 Å². The maximum atomic E-state index is 12.6. The lowest BCUT2D eigenvalue weighted by Gasteiger charge is -2.17. The second kappa shape index (κ2) is 8.67. The maximum absolute atomic E-state index is 12.6. The summed E-state index contributed by atoms with van der Waals surface area (Å²) < 4.78 is 0. The van der Waals surface area contributed by atoms with Crippen LogP contribution in [0.4, 0.5) is 16.2 Å². The number of halogens is 1. The molecule has 2 aromatic carbocycles. The molecule has 0 bridgehead atoms. The van der Waals surface area contributed by atoms with Crippen molar-refractivity contribution in [3.05, 3.63) is 53.6 Å². The summed E-state index contributed by atoms with van der Waals surface area (Å²) in [6, 6.07) is 14.0. The fourth-order valence-electron chi connectivity index (χ4n) is 2.80. The minimum Gasteiger partial charge on any atom is -0.339 e. The van der Waals surface area contributed by atoms with Crippen LogP contribution in [0.1, 0.15) is 6.42 Å². The summed E-state index contributed by atoms with van der Waals surface area (Å²) in [5.74, 6) is -0.710. The molecule has 1 aliphatic heterocycles. The molecular formula is C20H20ClN3O3S. The van der Waals surface area contributed by atoms with Gasteiger partial charge < -0.3 is 15.1 Å². The minimum absolute atomic E-state index is 0.0662. The standard InChI is InChI=1S/C20H20ClN3O3S/c1-23(2)20(27)28-17-9-5-15(6-10-17)22-19(26)13-11-18(25)24(12-13)16-7-3-14(21)4-8-16/h3-10,13H,11-12H2,1-2H3,(H,22,26). The molecule has 2 aromatic rings. The number of carbonyl (C=O) groups is 3. The van der Waals surface area contributed by atoms with Gasteiger partial charge in [0.2, 0.25) is 11.8 Å². The molecule has 0 saturated carbocycles. The number of benzene rings is 2. The first-order valence-corrected chi connectivity index (χ1v) is 9.89. The van der Waals surface area contributed by atoms with Crippen LogP contribution in [0.2, 0.25) is 5.02 Å². The van der Waals surface area contributed by atoms with Crippen LogP contribution in [-0.4, -0.2) is 42.6 Å². The van der Waals surface area contributed by atoms with Gasteiger partial charge in [-0.1, -0.05) is 11.6 Å². The molecule has 28 heavy (non-hydrogen) atoms. The van der Waals surface area contributed by atoms with Gasteiger partial charge in [-0.05, 0) is 60.3 Å². The summed E-state index contributed by atoms with van der Waals surface area (Å²) in [5, 5.41) is 3.38. The van der Waals surface area contributed by atoms with E-state index >= 15 is 0 Å². The van der Waals surface area contributed by atoms with E-state index in [-0.39, 0.29) is 23.5 Å². The molecule has 0 aliphatic carbocycles. The van der Waals surface area contributed by atoms with Gasteiger partial charge in [-0.15, -0.1) is 0 Å². The van der Waals surface area contributed by atoms with E-state index in [2.05, 4.69) is 5.32 Å². The third-order valence-corrected chi connectivity index (χ3v) is 5.63. The molecule has 146 valence electrons. The molecule has 0 aromatic heterocycles. The Labute approximate surface area is 172 Å². The lowest BCUT2D eigenvalue weighted by Crippen LogP contribution is -2.28. The second-order valence-electron chi connectivity index (χ2n) is 6.66. The number of nitrogens with one attached hydrogen (secondary N) is 1. The van der Waals surface area contributed by atoms with Crippen LogP contribution in [0.25, 0.3) is 0 Å². The topological polar surface area (TPSA) is 69.7 Å². The maximum Gasteiger partial charge on any atom is 0.285 e. The fourth-order valence-corrected chi connectivity index (χ4v) is 3.58. The largest absolute Gasteiger partial charge is 0.339 e. The predicted octanol–water partition coefficient (Wildman–Crippen LogP) is 4.11. The van der Waals surface area contributed by atoms with Crippen molar-refractivity contribution in [3.8, 4) is 0 Å². The van der Waals surface area contributed by atoms with Crippen LogP contribution >= 0.6 is 23.4 Å². The second-order valence-corrected chi connectivity index (χ2v) is 8.12. The number of anilines is 2.